The third-order valence-corrected chi connectivity index (χ3v) is 5.66. The summed E-state index contributed by atoms with van der Waals surface area (Å²) in [5, 5.41) is 16.2. The van der Waals surface area contributed by atoms with E-state index in [4.69, 9.17) is 0 Å². The second-order valence-corrected chi connectivity index (χ2v) is 7.34. The van der Waals surface area contributed by atoms with Crippen LogP contribution in [0.25, 0.3) is 10.6 Å². The molecule has 1 aliphatic heterocycles. The van der Waals surface area contributed by atoms with Crippen molar-refractivity contribution in [2.75, 3.05) is 6.54 Å². The number of aliphatic carboxylic acids is 1. The predicted molar refractivity (Wildman–Crippen MR) is 95.7 cm³/mol. The number of hydrogen-bond donors (Lipinski definition) is 1. The van der Waals surface area contributed by atoms with Crippen molar-refractivity contribution in [2.45, 2.75) is 45.7 Å². The summed E-state index contributed by atoms with van der Waals surface area (Å²) in [5.41, 5.74) is 2.87. The SMILES string of the molecule is Cc1nn(C)c(=O)c(-c2nc(CN3CCCCC3C(=O)O)cs2)c1C. The smallest absolute Gasteiger partial charge is 0.320 e. The van der Waals surface area contributed by atoms with Crippen LogP contribution in [0.4, 0.5) is 0 Å². The molecule has 2 aromatic heterocycles. The molecule has 0 aliphatic carbocycles. The van der Waals surface area contributed by atoms with Crippen LogP contribution in [0.2, 0.25) is 0 Å². The van der Waals surface area contributed by atoms with Crippen molar-refractivity contribution in [1.29, 1.82) is 0 Å². The number of nitrogens with zero attached hydrogens (tertiary/aromatic N) is 4. The number of carboxylic acid groups (broad SMARTS) is 1. The maximum atomic E-state index is 12.5. The quantitative estimate of drug-likeness (QED) is 0.894. The highest BCUT2D eigenvalue weighted by Crippen LogP contribution is 2.26. The first-order valence-corrected chi connectivity index (χ1v) is 9.22. The molecule has 1 saturated heterocycles. The van der Waals surface area contributed by atoms with E-state index in [-0.39, 0.29) is 5.56 Å². The van der Waals surface area contributed by atoms with Crippen LogP contribution in [0.3, 0.4) is 0 Å². The second-order valence-electron chi connectivity index (χ2n) is 6.48. The first-order valence-electron chi connectivity index (χ1n) is 8.34. The van der Waals surface area contributed by atoms with Crippen molar-refractivity contribution in [2.24, 2.45) is 7.05 Å². The Balaban J connectivity index is 1.89. The van der Waals surface area contributed by atoms with Crippen molar-refractivity contribution in [3.8, 4) is 10.6 Å². The van der Waals surface area contributed by atoms with Gasteiger partial charge in [0.2, 0.25) is 0 Å². The topological polar surface area (TPSA) is 88.3 Å². The Labute approximate surface area is 149 Å². The van der Waals surface area contributed by atoms with Gasteiger partial charge in [-0.3, -0.25) is 14.5 Å². The molecule has 1 atom stereocenters. The van der Waals surface area contributed by atoms with Gasteiger partial charge in [0, 0.05) is 19.0 Å². The maximum Gasteiger partial charge on any atom is 0.320 e. The molecule has 1 aliphatic rings. The van der Waals surface area contributed by atoms with Gasteiger partial charge in [-0.25, -0.2) is 9.67 Å². The van der Waals surface area contributed by atoms with E-state index in [9.17, 15) is 14.7 Å². The Morgan fingerprint density at radius 3 is 2.88 bits per heavy atom. The fraction of sp³-hybridized carbons (Fsp3) is 0.529. The van der Waals surface area contributed by atoms with E-state index in [2.05, 4.69) is 10.1 Å². The maximum absolute atomic E-state index is 12.5. The van der Waals surface area contributed by atoms with Gasteiger partial charge in [0.05, 0.1) is 17.0 Å². The number of piperidine rings is 1. The average Bonchev–Trinajstić information content (AvgIpc) is 3.02. The zero-order chi connectivity index (χ0) is 18.1. The number of aryl methyl sites for hydroxylation is 2. The summed E-state index contributed by atoms with van der Waals surface area (Å²) in [4.78, 5) is 30.5. The second kappa shape index (κ2) is 7.05. The highest BCUT2D eigenvalue weighted by molar-refractivity contribution is 7.13. The van der Waals surface area contributed by atoms with Gasteiger partial charge in [0.1, 0.15) is 11.0 Å². The molecule has 7 nitrogen and oxygen atoms in total. The molecular formula is C17H22N4O3S. The minimum atomic E-state index is -0.773. The van der Waals surface area contributed by atoms with Crippen LogP contribution < -0.4 is 5.56 Å². The van der Waals surface area contributed by atoms with Gasteiger partial charge in [0.25, 0.3) is 5.56 Å². The van der Waals surface area contributed by atoms with E-state index in [0.29, 0.717) is 23.5 Å². The van der Waals surface area contributed by atoms with E-state index >= 15 is 0 Å². The van der Waals surface area contributed by atoms with E-state index in [1.54, 1.807) is 7.05 Å². The van der Waals surface area contributed by atoms with Crippen molar-refractivity contribution >= 4 is 17.3 Å². The summed E-state index contributed by atoms with van der Waals surface area (Å²) in [5.74, 6) is -0.773. The summed E-state index contributed by atoms with van der Waals surface area (Å²) in [6, 6.07) is -0.448. The van der Waals surface area contributed by atoms with E-state index in [0.717, 1.165) is 36.3 Å². The van der Waals surface area contributed by atoms with Crippen molar-refractivity contribution in [1.82, 2.24) is 19.7 Å². The Hall–Kier alpha value is -2.06. The van der Waals surface area contributed by atoms with Crippen molar-refractivity contribution in [3.05, 3.63) is 32.7 Å². The van der Waals surface area contributed by atoms with Gasteiger partial charge in [-0.1, -0.05) is 6.42 Å². The van der Waals surface area contributed by atoms with E-state index in [1.807, 2.05) is 24.1 Å². The summed E-state index contributed by atoms with van der Waals surface area (Å²) in [6.45, 7) is 5.01. The molecule has 0 spiro atoms. The predicted octanol–water partition coefficient (Wildman–Crippen LogP) is 1.96. The van der Waals surface area contributed by atoms with Crippen LogP contribution in [-0.4, -0.2) is 43.3 Å². The Kier molecular flexibility index (Phi) is 5.01. The molecule has 134 valence electrons. The number of likely N-dealkylation sites (tertiary alicyclic amines) is 1. The molecular weight excluding hydrogens is 340 g/mol. The van der Waals surface area contributed by atoms with Crippen LogP contribution in [0.1, 0.15) is 36.2 Å². The molecule has 3 rings (SSSR count). The van der Waals surface area contributed by atoms with Gasteiger partial charge in [-0.2, -0.15) is 5.10 Å². The third kappa shape index (κ3) is 3.50. The largest absolute Gasteiger partial charge is 0.480 e. The highest BCUT2D eigenvalue weighted by Gasteiger charge is 2.29. The number of hydrogen-bond acceptors (Lipinski definition) is 6. The lowest BCUT2D eigenvalue weighted by Crippen LogP contribution is -2.44. The normalized spacial score (nSPS) is 18.4. The molecule has 8 heteroatoms. The minimum absolute atomic E-state index is 0.162. The minimum Gasteiger partial charge on any atom is -0.480 e. The fourth-order valence-corrected chi connectivity index (χ4v) is 4.17. The molecule has 0 amide bonds. The summed E-state index contributed by atoms with van der Waals surface area (Å²) >= 11 is 1.42. The Morgan fingerprint density at radius 2 is 2.16 bits per heavy atom. The van der Waals surface area contributed by atoms with Gasteiger partial charge in [-0.05, 0) is 38.8 Å². The van der Waals surface area contributed by atoms with Crippen LogP contribution in [0.5, 0.6) is 0 Å². The van der Waals surface area contributed by atoms with Crippen LogP contribution in [-0.2, 0) is 18.4 Å². The lowest BCUT2D eigenvalue weighted by atomic mass is 10.0. The zero-order valence-electron chi connectivity index (χ0n) is 14.7. The molecule has 1 N–H and O–H groups in total. The molecule has 0 radical (unpaired) electrons. The Morgan fingerprint density at radius 1 is 1.40 bits per heavy atom. The van der Waals surface area contributed by atoms with Gasteiger partial charge in [-0.15, -0.1) is 11.3 Å². The lowest BCUT2D eigenvalue weighted by Gasteiger charge is -2.32. The Bertz CT molecular complexity index is 858. The van der Waals surface area contributed by atoms with Crippen LogP contribution in [0, 0.1) is 13.8 Å². The molecule has 0 bridgehead atoms. The van der Waals surface area contributed by atoms with Crippen LogP contribution in [0.15, 0.2) is 10.2 Å². The molecule has 2 aromatic rings. The number of rotatable bonds is 4. The summed E-state index contributed by atoms with van der Waals surface area (Å²) in [7, 11) is 1.64. The third-order valence-electron chi connectivity index (χ3n) is 4.75. The molecule has 1 unspecified atom stereocenters. The number of carboxylic acids is 1. The summed E-state index contributed by atoms with van der Waals surface area (Å²) < 4.78 is 1.34. The monoisotopic (exact) mass is 362 g/mol. The zero-order valence-corrected chi connectivity index (χ0v) is 15.5. The molecule has 25 heavy (non-hydrogen) atoms. The fourth-order valence-electron chi connectivity index (χ4n) is 3.26. The summed E-state index contributed by atoms with van der Waals surface area (Å²) in [6.07, 6.45) is 2.63. The van der Waals surface area contributed by atoms with Crippen LogP contribution >= 0.6 is 11.3 Å². The molecule has 1 fully saturated rings. The van der Waals surface area contributed by atoms with Gasteiger partial charge >= 0.3 is 5.97 Å². The number of thiazole rings is 1. The van der Waals surface area contributed by atoms with E-state index in [1.165, 1.54) is 16.0 Å². The lowest BCUT2D eigenvalue weighted by molar-refractivity contribution is -0.144. The van der Waals surface area contributed by atoms with Gasteiger partial charge < -0.3 is 5.11 Å². The van der Waals surface area contributed by atoms with Gasteiger partial charge in [0.15, 0.2) is 0 Å². The number of carbonyl (C=O) groups is 1. The highest BCUT2D eigenvalue weighted by atomic mass is 32.1. The van der Waals surface area contributed by atoms with E-state index < -0.39 is 12.0 Å². The van der Waals surface area contributed by atoms with Crippen molar-refractivity contribution in [3.63, 3.8) is 0 Å². The number of aromatic nitrogens is 3. The first-order chi connectivity index (χ1) is 11.9. The average molecular weight is 362 g/mol. The first kappa shape index (κ1) is 17.8. The molecule has 0 saturated carbocycles. The molecule has 3 heterocycles. The standard InChI is InChI=1S/C17H22N4O3S/c1-10-11(2)19-20(3)16(22)14(10)15-18-12(9-25-15)8-21-7-5-4-6-13(21)17(23)24/h9,13H,4-8H2,1-3H3,(H,23,24). The molecule has 0 aromatic carbocycles. The van der Waals surface area contributed by atoms with Crippen molar-refractivity contribution < 1.29 is 9.90 Å².